The number of carbonyl (C=O) groups excluding carboxylic acids is 1. The Hall–Kier alpha value is -0.440. The van der Waals surface area contributed by atoms with E-state index in [-0.39, 0.29) is 11.8 Å². The molecule has 1 saturated heterocycles. The average Bonchev–Trinajstić information content (AvgIpc) is 1.85. The summed E-state index contributed by atoms with van der Waals surface area (Å²) in [5.41, 5.74) is 0. The summed E-state index contributed by atoms with van der Waals surface area (Å²) in [6.07, 6.45) is 0.730. The quantitative estimate of drug-likeness (QED) is 0.482. The standard InChI is InChI=1S/C5H7NOS/c1-3-2-4(8)6-5(3)7/h3H,2H2,1H3,(H,6,7,8). The molecule has 0 radical (unpaired) electrons. The van der Waals surface area contributed by atoms with Gasteiger partial charge in [0.2, 0.25) is 5.91 Å². The van der Waals surface area contributed by atoms with E-state index in [2.05, 4.69) is 5.32 Å². The van der Waals surface area contributed by atoms with Crippen molar-refractivity contribution in [1.82, 2.24) is 5.32 Å². The van der Waals surface area contributed by atoms with Gasteiger partial charge >= 0.3 is 0 Å². The molecule has 0 saturated carbocycles. The Kier molecular flexibility index (Phi) is 1.29. The SMILES string of the molecule is CC1CC(=S)NC1=O. The highest BCUT2D eigenvalue weighted by Gasteiger charge is 2.22. The Morgan fingerprint density at radius 3 is 2.62 bits per heavy atom. The van der Waals surface area contributed by atoms with Crippen molar-refractivity contribution >= 4 is 23.1 Å². The first-order chi connectivity index (χ1) is 3.70. The van der Waals surface area contributed by atoms with Crippen LogP contribution in [0.3, 0.4) is 0 Å². The topological polar surface area (TPSA) is 29.1 Å². The Labute approximate surface area is 53.3 Å². The van der Waals surface area contributed by atoms with Gasteiger partial charge in [-0.15, -0.1) is 0 Å². The second-order valence-corrected chi connectivity index (χ2v) is 2.51. The Balaban J connectivity index is 2.64. The first-order valence-electron chi connectivity index (χ1n) is 2.54. The minimum Gasteiger partial charge on any atom is -0.320 e. The molecule has 1 heterocycles. The molecule has 1 atom stereocenters. The summed E-state index contributed by atoms with van der Waals surface area (Å²) >= 11 is 4.74. The van der Waals surface area contributed by atoms with Crippen molar-refractivity contribution in [3.63, 3.8) is 0 Å². The normalized spacial score (nSPS) is 28.4. The predicted molar refractivity (Wildman–Crippen MR) is 34.5 cm³/mol. The lowest BCUT2D eigenvalue weighted by Gasteiger charge is -1.89. The van der Waals surface area contributed by atoms with Gasteiger partial charge in [-0.3, -0.25) is 4.79 Å². The maximum Gasteiger partial charge on any atom is 0.228 e. The van der Waals surface area contributed by atoms with Gasteiger partial charge in [-0.2, -0.15) is 0 Å². The fourth-order valence-corrected chi connectivity index (χ4v) is 1.03. The Morgan fingerprint density at radius 2 is 2.50 bits per heavy atom. The molecule has 0 aliphatic carbocycles. The summed E-state index contributed by atoms with van der Waals surface area (Å²) in [5.74, 6) is 0.164. The zero-order chi connectivity index (χ0) is 6.15. The molecule has 44 valence electrons. The van der Waals surface area contributed by atoms with Crippen LogP contribution in [0.15, 0.2) is 0 Å². The van der Waals surface area contributed by atoms with E-state index >= 15 is 0 Å². The second kappa shape index (κ2) is 1.82. The zero-order valence-electron chi connectivity index (χ0n) is 4.60. The molecule has 0 bridgehead atoms. The fraction of sp³-hybridized carbons (Fsp3) is 0.600. The maximum atomic E-state index is 10.6. The van der Waals surface area contributed by atoms with Gasteiger partial charge in [0.15, 0.2) is 0 Å². The van der Waals surface area contributed by atoms with E-state index in [1.165, 1.54) is 0 Å². The summed E-state index contributed by atoms with van der Waals surface area (Å²) in [6, 6.07) is 0. The molecule has 0 aromatic carbocycles. The molecule has 1 rings (SSSR count). The van der Waals surface area contributed by atoms with E-state index in [1.54, 1.807) is 0 Å². The van der Waals surface area contributed by atoms with Crippen LogP contribution in [0.25, 0.3) is 0 Å². The van der Waals surface area contributed by atoms with Crippen LogP contribution in [-0.2, 0) is 4.79 Å². The first kappa shape index (κ1) is 5.69. The first-order valence-corrected chi connectivity index (χ1v) is 2.94. The second-order valence-electron chi connectivity index (χ2n) is 2.02. The molecule has 1 N–H and O–H groups in total. The number of amides is 1. The van der Waals surface area contributed by atoms with Crippen LogP contribution in [0.4, 0.5) is 0 Å². The van der Waals surface area contributed by atoms with Crippen LogP contribution >= 0.6 is 12.2 Å². The van der Waals surface area contributed by atoms with Crippen molar-refractivity contribution in [3.05, 3.63) is 0 Å². The highest BCUT2D eigenvalue weighted by atomic mass is 32.1. The smallest absolute Gasteiger partial charge is 0.228 e. The number of hydrogen-bond acceptors (Lipinski definition) is 2. The van der Waals surface area contributed by atoms with Gasteiger partial charge in [0.1, 0.15) is 0 Å². The summed E-state index contributed by atoms with van der Waals surface area (Å²) in [7, 11) is 0. The minimum absolute atomic E-state index is 0.0648. The van der Waals surface area contributed by atoms with Crippen molar-refractivity contribution in [2.45, 2.75) is 13.3 Å². The molecule has 0 spiro atoms. The van der Waals surface area contributed by atoms with Crippen molar-refractivity contribution in [2.75, 3.05) is 0 Å². The summed E-state index contributed by atoms with van der Waals surface area (Å²) < 4.78 is 0. The third-order valence-corrected chi connectivity index (χ3v) is 1.47. The number of hydrogen-bond donors (Lipinski definition) is 1. The maximum absolute atomic E-state index is 10.6. The van der Waals surface area contributed by atoms with Gasteiger partial charge < -0.3 is 5.32 Å². The van der Waals surface area contributed by atoms with E-state index in [9.17, 15) is 4.79 Å². The van der Waals surface area contributed by atoms with Crippen molar-refractivity contribution < 1.29 is 4.79 Å². The van der Waals surface area contributed by atoms with E-state index in [1.807, 2.05) is 6.92 Å². The number of rotatable bonds is 0. The van der Waals surface area contributed by atoms with Crippen LogP contribution in [-0.4, -0.2) is 10.9 Å². The molecule has 0 aromatic heterocycles. The highest BCUT2D eigenvalue weighted by Crippen LogP contribution is 2.08. The Morgan fingerprint density at radius 1 is 1.88 bits per heavy atom. The van der Waals surface area contributed by atoms with E-state index in [4.69, 9.17) is 12.2 Å². The van der Waals surface area contributed by atoms with Crippen molar-refractivity contribution in [1.29, 1.82) is 0 Å². The molecular weight excluding hydrogens is 122 g/mol. The molecule has 0 aromatic rings. The predicted octanol–water partition coefficient (Wildman–Crippen LogP) is 0.470. The molecule has 3 heteroatoms. The third-order valence-electron chi connectivity index (χ3n) is 1.20. The summed E-state index contributed by atoms with van der Waals surface area (Å²) in [4.78, 5) is 11.3. The molecule has 1 aliphatic rings. The van der Waals surface area contributed by atoms with E-state index in [0.717, 1.165) is 6.42 Å². The molecule has 8 heavy (non-hydrogen) atoms. The van der Waals surface area contributed by atoms with Crippen molar-refractivity contribution in [3.8, 4) is 0 Å². The summed E-state index contributed by atoms with van der Waals surface area (Å²) in [6.45, 7) is 1.87. The van der Waals surface area contributed by atoms with Gasteiger partial charge in [-0.1, -0.05) is 19.1 Å². The monoisotopic (exact) mass is 129 g/mol. The lowest BCUT2D eigenvalue weighted by atomic mass is 10.1. The number of carbonyl (C=O) groups is 1. The molecule has 1 amide bonds. The van der Waals surface area contributed by atoms with Gasteiger partial charge in [0.05, 0.1) is 4.99 Å². The largest absolute Gasteiger partial charge is 0.320 e. The number of thiocarbonyl (C=S) groups is 1. The average molecular weight is 129 g/mol. The zero-order valence-corrected chi connectivity index (χ0v) is 5.42. The van der Waals surface area contributed by atoms with Crippen LogP contribution in [0, 0.1) is 5.92 Å². The lowest BCUT2D eigenvalue weighted by molar-refractivity contribution is -0.121. The van der Waals surface area contributed by atoms with Crippen LogP contribution in [0.2, 0.25) is 0 Å². The van der Waals surface area contributed by atoms with E-state index in [0.29, 0.717) is 4.99 Å². The number of nitrogens with one attached hydrogen (secondary N) is 1. The van der Waals surface area contributed by atoms with Gasteiger partial charge in [0, 0.05) is 12.3 Å². The van der Waals surface area contributed by atoms with Crippen LogP contribution < -0.4 is 5.32 Å². The molecular formula is C5H7NOS. The molecule has 2 nitrogen and oxygen atoms in total. The van der Waals surface area contributed by atoms with Crippen molar-refractivity contribution in [2.24, 2.45) is 5.92 Å². The lowest BCUT2D eigenvalue weighted by Crippen LogP contribution is -2.19. The Bertz CT molecular complexity index is 143. The summed E-state index contributed by atoms with van der Waals surface area (Å²) in [5, 5.41) is 2.56. The minimum atomic E-state index is 0.0648. The van der Waals surface area contributed by atoms with E-state index < -0.39 is 0 Å². The van der Waals surface area contributed by atoms with Gasteiger partial charge in [0.25, 0.3) is 0 Å². The van der Waals surface area contributed by atoms with Gasteiger partial charge in [-0.05, 0) is 0 Å². The van der Waals surface area contributed by atoms with Gasteiger partial charge in [-0.25, -0.2) is 0 Å². The molecule has 1 unspecified atom stereocenters. The molecule has 1 aliphatic heterocycles. The third kappa shape index (κ3) is 0.865. The highest BCUT2D eigenvalue weighted by molar-refractivity contribution is 7.80. The van der Waals surface area contributed by atoms with Crippen LogP contribution in [0.1, 0.15) is 13.3 Å². The van der Waals surface area contributed by atoms with Crippen LogP contribution in [0.5, 0.6) is 0 Å². The molecule has 1 fully saturated rings. The fourth-order valence-electron chi connectivity index (χ4n) is 0.682.